The summed E-state index contributed by atoms with van der Waals surface area (Å²) >= 11 is 0. The zero-order valence-electron chi connectivity index (χ0n) is 10.00. The Morgan fingerprint density at radius 2 is 2.00 bits per heavy atom. The minimum atomic E-state index is 0.717. The van der Waals surface area contributed by atoms with Crippen LogP contribution in [0.25, 0.3) is 0 Å². The largest absolute Gasteiger partial charge is 0.103 e. The highest BCUT2D eigenvalue weighted by atomic mass is 14.2. The van der Waals surface area contributed by atoms with Gasteiger partial charge in [-0.1, -0.05) is 43.7 Å². The summed E-state index contributed by atoms with van der Waals surface area (Å²) in [5, 5.41) is 0. The Bertz CT molecular complexity index is 299. The molecule has 0 heterocycles. The number of allylic oxidation sites excluding steroid dienone is 1. The van der Waals surface area contributed by atoms with Crippen LogP contribution < -0.4 is 0 Å². The van der Waals surface area contributed by atoms with E-state index in [2.05, 4.69) is 44.7 Å². The van der Waals surface area contributed by atoms with E-state index in [0.29, 0.717) is 5.92 Å². The van der Waals surface area contributed by atoms with Crippen LogP contribution in [0, 0.1) is 6.92 Å². The maximum atomic E-state index is 3.81. The van der Waals surface area contributed by atoms with E-state index in [1.807, 2.05) is 6.08 Å². The van der Waals surface area contributed by atoms with Gasteiger partial charge in [0.15, 0.2) is 0 Å². The number of rotatable bonds is 6. The van der Waals surface area contributed by atoms with Gasteiger partial charge in [0, 0.05) is 0 Å². The van der Waals surface area contributed by atoms with Gasteiger partial charge in [0.25, 0.3) is 0 Å². The van der Waals surface area contributed by atoms with Crippen molar-refractivity contribution < 1.29 is 0 Å². The molecule has 1 atom stereocenters. The molecule has 0 saturated carbocycles. The fraction of sp³-hybridized carbons (Fsp3) is 0.467. The molecule has 0 aliphatic heterocycles. The van der Waals surface area contributed by atoms with Crippen LogP contribution >= 0.6 is 0 Å². The van der Waals surface area contributed by atoms with E-state index in [1.165, 1.54) is 30.4 Å². The lowest BCUT2D eigenvalue weighted by molar-refractivity contribution is 0.572. The summed E-state index contributed by atoms with van der Waals surface area (Å²) in [6, 6.07) is 8.76. The first kappa shape index (κ1) is 12.0. The molecule has 0 heteroatoms. The lowest BCUT2D eigenvalue weighted by atomic mass is 9.87. The Balaban J connectivity index is 2.78. The molecule has 1 unspecified atom stereocenters. The Morgan fingerprint density at radius 3 is 2.60 bits per heavy atom. The molecule has 15 heavy (non-hydrogen) atoms. The molecule has 0 saturated heterocycles. The van der Waals surface area contributed by atoms with Crippen LogP contribution in [0.1, 0.15) is 49.7 Å². The van der Waals surface area contributed by atoms with Crippen molar-refractivity contribution in [1.29, 1.82) is 0 Å². The van der Waals surface area contributed by atoms with Crippen LogP contribution in [0.5, 0.6) is 0 Å². The van der Waals surface area contributed by atoms with E-state index in [9.17, 15) is 0 Å². The third kappa shape index (κ3) is 3.54. The highest BCUT2D eigenvalue weighted by Crippen LogP contribution is 2.28. The smallest absolute Gasteiger partial charge is 0.0156 e. The fourth-order valence-electron chi connectivity index (χ4n) is 2.17. The van der Waals surface area contributed by atoms with Crippen LogP contribution in [0.15, 0.2) is 36.9 Å². The number of hydrogen-bond acceptors (Lipinski definition) is 0. The molecule has 1 rings (SSSR count). The second-order valence-corrected chi connectivity index (χ2v) is 4.21. The molecule has 0 radical (unpaired) electrons. The normalized spacial score (nSPS) is 12.4. The molecule has 0 aliphatic rings. The van der Waals surface area contributed by atoms with E-state index >= 15 is 0 Å². The van der Waals surface area contributed by atoms with Crippen LogP contribution in [0.3, 0.4) is 0 Å². The summed E-state index contributed by atoms with van der Waals surface area (Å²) in [7, 11) is 0. The SMILES string of the molecule is C=CCCC(CCC)c1ccccc1C. The van der Waals surface area contributed by atoms with Gasteiger partial charge in [-0.15, -0.1) is 6.58 Å². The third-order valence-corrected chi connectivity index (χ3v) is 2.98. The zero-order chi connectivity index (χ0) is 11.1. The molecule has 0 N–H and O–H groups in total. The molecule has 0 spiro atoms. The first-order chi connectivity index (χ1) is 7.29. The molecular formula is C15H22. The van der Waals surface area contributed by atoms with E-state index < -0.39 is 0 Å². The van der Waals surface area contributed by atoms with E-state index in [1.54, 1.807) is 0 Å². The predicted molar refractivity (Wildman–Crippen MR) is 68.3 cm³/mol. The van der Waals surface area contributed by atoms with Crippen molar-refractivity contribution in [3.8, 4) is 0 Å². The second-order valence-electron chi connectivity index (χ2n) is 4.21. The molecule has 1 aromatic carbocycles. The molecule has 0 aromatic heterocycles. The van der Waals surface area contributed by atoms with Gasteiger partial charge in [-0.25, -0.2) is 0 Å². The maximum absolute atomic E-state index is 3.81. The van der Waals surface area contributed by atoms with Gasteiger partial charge < -0.3 is 0 Å². The van der Waals surface area contributed by atoms with Crippen molar-refractivity contribution in [2.75, 3.05) is 0 Å². The number of hydrogen-bond donors (Lipinski definition) is 0. The standard InChI is InChI=1S/C15H22/c1-4-6-11-14(9-5-2)15-12-8-7-10-13(15)3/h4,7-8,10,12,14H,1,5-6,9,11H2,2-3H3. The number of aryl methyl sites for hydroxylation is 1. The van der Waals surface area contributed by atoms with Crippen molar-refractivity contribution in [3.63, 3.8) is 0 Å². The Kier molecular flexibility index (Phi) is 5.17. The summed E-state index contributed by atoms with van der Waals surface area (Å²) in [5.74, 6) is 0.717. The average Bonchev–Trinajstić information content (AvgIpc) is 2.25. The van der Waals surface area contributed by atoms with Gasteiger partial charge >= 0.3 is 0 Å². The van der Waals surface area contributed by atoms with Gasteiger partial charge in [-0.05, 0) is 43.2 Å². The van der Waals surface area contributed by atoms with Crippen LogP contribution in [-0.4, -0.2) is 0 Å². The molecule has 0 fully saturated rings. The zero-order valence-corrected chi connectivity index (χ0v) is 10.00. The van der Waals surface area contributed by atoms with Gasteiger partial charge in [0.2, 0.25) is 0 Å². The Morgan fingerprint density at radius 1 is 1.27 bits per heavy atom. The topological polar surface area (TPSA) is 0 Å². The minimum Gasteiger partial charge on any atom is -0.103 e. The molecule has 0 aliphatic carbocycles. The summed E-state index contributed by atoms with van der Waals surface area (Å²) < 4.78 is 0. The van der Waals surface area contributed by atoms with Crippen molar-refractivity contribution in [3.05, 3.63) is 48.0 Å². The van der Waals surface area contributed by atoms with Crippen LogP contribution in [-0.2, 0) is 0 Å². The quantitative estimate of drug-likeness (QED) is 0.579. The predicted octanol–water partition coefficient (Wildman–Crippen LogP) is 4.84. The van der Waals surface area contributed by atoms with E-state index in [0.717, 1.165) is 6.42 Å². The van der Waals surface area contributed by atoms with E-state index in [4.69, 9.17) is 0 Å². The summed E-state index contributed by atoms with van der Waals surface area (Å²) in [6.07, 6.45) is 6.94. The third-order valence-electron chi connectivity index (χ3n) is 2.98. The van der Waals surface area contributed by atoms with Crippen molar-refractivity contribution in [1.82, 2.24) is 0 Å². The molecule has 82 valence electrons. The Hall–Kier alpha value is -1.04. The van der Waals surface area contributed by atoms with Crippen LogP contribution in [0.4, 0.5) is 0 Å². The first-order valence-corrected chi connectivity index (χ1v) is 5.96. The summed E-state index contributed by atoms with van der Waals surface area (Å²) in [4.78, 5) is 0. The fourth-order valence-corrected chi connectivity index (χ4v) is 2.17. The molecule has 0 nitrogen and oxygen atoms in total. The summed E-state index contributed by atoms with van der Waals surface area (Å²) in [6.45, 7) is 8.29. The van der Waals surface area contributed by atoms with E-state index in [-0.39, 0.29) is 0 Å². The number of benzene rings is 1. The summed E-state index contributed by atoms with van der Waals surface area (Å²) in [5.41, 5.74) is 2.96. The second kappa shape index (κ2) is 6.44. The molecule has 0 bridgehead atoms. The maximum Gasteiger partial charge on any atom is -0.0156 e. The molecule has 1 aromatic rings. The molecular weight excluding hydrogens is 180 g/mol. The average molecular weight is 202 g/mol. The van der Waals surface area contributed by atoms with Crippen molar-refractivity contribution in [2.24, 2.45) is 0 Å². The van der Waals surface area contributed by atoms with Gasteiger partial charge in [-0.2, -0.15) is 0 Å². The lowest BCUT2D eigenvalue weighted by Crippen LogP contribution is -2.00. The van der Waals surface area contributed by atoms with Crippen molar-refractivity contribution >= 4 is 0 Å². The van der Waals surface area contributed by atoms with Gasteiger partial charge in [0.05, 0.1) is 0 Å². The first-order valence-electron chi connectivity index (χ1n) is 5.96. The highest BCUT2D eigenvalue weighted by Gasteiger charge is 2.11. The Labute approximate surface area is 94.0 Å². The van der Waals surface area contributed by atoms with Crippen molar-refractivity contribution in [2.45, 2.75) is 45.4 Å². The monoisotopic (exact) mass is 202 g/mol. The van der Waals surface area contributed by atoms with Gasteiger partial charge in [-0.3, -0.25) is 0 Å². The lowest BCUT2D eigenvalue weighted by Gasteiger charge is -2.18. The highest BCUT2D eigenvalue weighted by molar-refractivity contribution is 5.29. The van der Waals surface area contributed by atoms with Crippen LogP contribution in [0.2, 0.25) is 0 Å². The van der Waals surface area contributed by atoms with Gasteiger partial charge in [0.1, 0.15) is 0 Å². The molecule has 0 amide bonds. The minimum absolute atomic E-state index is 0.717.